The highest BCUT2D eigenvalue weighted by molar-refractivity contribution is 6.11. The van der Waals surface area contributed by atoms with Gasteiger partial charge in [-0.2, -0.15) is 0 Å². The predicted molar refractivity (Wildman–Crippen MR) is 125 cm³/mol. The van der Waals surface area contributed by atoms with Crippen LogP contribution < -0.4 is 10.5 Å². The van der Waals surface area contributed by atoms with E-state index in [-0.39, 0.29) is 0 Å². The van der Waals surface area contributed by atoms with Crippen LogP contribution in [0.3, 0.4) is 0 Å². The van der Waals surface area contributed by atoms with Gasteiger partial charge in [0.1, 0.15) is 12.4 Å². The quantitative estimate of drug-likeness (QED) is 0.423. The smallest absolute Gasteiger partial charge is 0.129 e. The van der Waals surface area contributed by atoms with Crippen molar-refractivity contribution in [3.8, 4) is 5.75 Å². The molecule has 3 aromatic carbocycles. The van der Waals surface area contributed by atoms with E-state index in [9.17, 15) is 0 Å². The van der Waals surface area contributed by atoms with Crippen molar-refractivity contribution < 1.29 is 4.74 Å². The molecule has 1 heterocycles. The minimum atomic E-state index is 0.512. The van der Waals surface area contributed by atoms with E-state index in [2.05, 4.69) is 72.2 Å². The van der Waals surface area contributed by atoms with Gasteiger partial charge in [0.2, 0.25) is 0 Å². The van der Waals surface area contributed by atoms with Crippen LogP contribution in [0.2, 0.25) is 0 Å². The van der Waals surface area contributed by atoms with E-state index in [0.717, 1.165) is 12.3 Å². The van der Waals surface area contributed by atoms with Crippen LogP contribution in [0.4, 0.5) is 0 Å². The zero-order chi connectivity index (χ0) is 20.6. The molecule has 0 atom stereocenters. The van der Waals surface area contributed by atoms with E-state index < -0.39 is 0 Å². The van der Waals surface area contributed by atoms with Crippen molar-refractivity contribution in [1.82, 2.24) is 4.57 Å². The molecule has 150 valence electrons. The van der Waals surface area contributed by atoms with Gasteiger partial charge in [0.15, 0.2) is 0 Å². The number of hydrogen-bond donors (Lipinski definition) is 1. The van der Waals surface area contributed by atoms with Crippen molar-refractivity contribution in [3.05, 3.63) is 90.0 Å². The van der Waals surface area contributed by atoms with Gasteiger partial charge in [0.25, 0.3) is 0 Å². The Kier molecular flexibility index (Phi) is 7.09. The normalized spacial score (nSPS) is 11.0. The number of hydrogen-bond acceptors (Lipinski definition) is 2. The first-order chi connectivity index (χ1) is 14.2. The molecule has 4 rings (SSSR count). The highest BCUT2D eigenvalue weighted by Crippen LogP contribution is 2.36. The molecule has 0 fully saturated rings. The van der Waals surface area contributed by atoms with E-state index in [1.807, 2.05) is 32.1 Å². The second-order valence-corrected chi connectivity index (χ2v) is 7.05. The summed E-state index contributed by atoms with van der Waals surface area (Å²) in [6.07, 6.45) is 4.00. The highest BCUT2D eigenvalue weighted by atomic mass is 16.5. The number of ether oxygens (including phenoxy) is 1. The molecule has 3 nitrogen and oxygen atoms in total. The SMILES string of the molecule is C/C=C\C.Cc1ccc2c(c1)c1c(OCCN)cccc1n2Cc1ccccc1. The maximum Gasteiger partial charge on any atom is 0.129 e. The van der Waals surface area contributed by atoms with Gasteiger partial charge in [-0.1, -0.05) is 60.2 Å². The molecule has 0 saturated heterocycles. The van der Waals surface area contributed by atoms with Crippen LogP contribution >= 0.6 is 0 Å². The molecule has 1 aromatic heterocycles. The van der Waals surface area contributed by atoms with Crippen molar-refractivity contribution in [3.63, 3.8) is 0 Å². The third kappa shape index (κ3) is 4.69. The number of rotatable bonds is 5. The second-order valence-electron chi connectivity index (χ2n) is 7.05. The van der Waals surface area contributed by atoms with Crippen LogP contribution in [0.5, 0.6) is 5.75 Å². The Hall–Kier alpha value is -3.04. The van der Waals surface area contributed by atoms with E-state index in [4.69, 9.17) is 10.5 Å². The number of benzene rings is 3. The molecule has 0 saturated carbocycles. The Balaban J connectivity index is 0.000000552. The summed E-state index contributed by atoms with van der Waals surface area (Å²) in [5.74, 6) is 0.908. The van der Waals surface area contributed by atoms with Crippen LogP contribution in [0.25, 0.3) is 21.8 Å². The maximum atomic E-state index is 5.94. The van der Waals surface area contributed by atoms with Crippen molar-refractivity contribution in [1.29, 1.82) is 0 Å². The molecule has 3 heteroatoms. The Morgan fingerprint density at radius 3 is 2.34 bits per heavy atom. The molecule has 29 heavy (non-hydrogen) atoms. The summed E-state index contributed by atoms with van der Waals surface area (Å²) in [5, 5.41) is 2.41. The van der Waals surface area contributed by atoms with E-state index >= 15 is 0 Å². The summed E-state index contributed by atoms with van der Waals surface area (Å²) in [4.78, 5) is 0. The molecular weight excluding hydrogens is 356 g/mol. The van der Waals surface area contributed by atoms with Gasteiger partial charge in [-0.25, -0.2) is 0 Å². The van der Waals surface area contributed by atoms with Gasteiger partial charge in [0, 0.05) is 29.4 Å². The molecule has 4 aromatic rings. The number of allylic oxidation sites excluding steroid dienone is 2. The van der Waals surface area contributed by atoms with Gasteiger partial charge in [-0.05, 0) is 50.6 Å². The summed E-state index contributed by atoms with van der Waals surface area (Å²) >= 11 is 0. The molecule has 2 N–H and O–H groups in total. The average molecular weight is 387 g/mol. The molecule has 0 radical (unpaired) electrons. The highest BCUT2D eigenvalue weighted by Gasteiger charge is 2.15. The zero-order valence-corrected chi connectivity index (χ0v) is 17.6. The van der Waals surface area contributed by atoms with E-state index in [1.54, 1.807) is 0 Å². The van der Waals surface area contributed by atoms with Crippen molar-refractivity contribution in [2.45, 2.75) is 27.3 Å². The maximum absolute atomic E-state index is 5.94. The fraction of sp³-hybridized carbons (Fsp3) is 0.231. The first-order valence-corrected chi connectivity index (χ1v) is 10.1. The number of fused-ring (bicyclic) bond motifs is 3. The van der Waals surface area contributed by atoms with Gasteiger partial charge < -0.3 is 15.0 Å². The number of nitrogens with zero attached hydrogens (tertiary/aromatic N) is 1. The molecule has 0 amide bonds. The van der Waals surface area contributed by atoms with Gasteiger partial charge >= 0.3 is 0 Å². The first-order valence-electron chi connectivity index (χ1n) is 10.1. The summed E-state index contributed by atoms with van der Waals surface area (Å²) in [6.45, 7) is 8.00. The number of nitrogens with two attached hydrogens (primary N) is 1. The molecule has 0 spiro atoms. The lowest BCUT2D eigenvalue weighted by molar-refractivity contribution is 0.332. The lowest BCUT2D eigenvalue weighted by atomic mass is 10.1. The number of aromatic nitrogens is 1. The van der Waals surface area contributed by atoms with Crippen molar-refractivity contribution in [2.75, 3.05) is 13.2 Å². The molecule has 0 bridgehead atoms. The molecule has 0 aliphatic carbocycles. The number of aryl methyl sites for hydroxylation is 1. The topological polar surface area (TPSA) is 40.2 Å². The summed E-state index contributed by atoms with van der Waals surface area (Å²) < 4.78 is 8.31. The monoisotopic (exact) mass is 386 g/mol. The summed E-state index contributed by atoms with van der Waals surface area (Å²) in [5.41, 5.74) is 10.6. The van der Waals surface area contributed by atoms with Crippen molar-refractivity contribution >= 4 is 21.8 Å². The van der Waals surface area contributed by atoms with Crippen LogP contribution in [0, 0.1) is 6.92 Å². The lowest BCUT2D eigenvalue weighted by Gasteiger charge is -2.09. The largest absolute Gasteiger partial charge is 0.492 e. The summed E-state index contributed by atoms with van der Waals surface area (Å²) in [6, 6.07) is 23.4. The zero-order valence-electron chi connectivity index (χ0n) is 17.6. The minimum Gasteiger partial charge on any atom is -0.492 e. The molecule has 0 unspecified atom stereocenters. The Labute approximate surface area is 173 Å². The van der Waals surface area contributed by atoms with E-state index in [0.29, 0.717) is 13.2 Å². The van der Waals surface area contributed by atoms with Crippen molar-refractivity contribution in [2.24, 2.45) is 5.73 Å². The predicted octanol–water partition coefficient (Wildman–Crippen LogP) is 6.07. The Bertz CT molecular complexity index is 1090. The fourth-order valence-electron chi connectivity index (χ4n) is 3.46. The molecule has 0 aliphatic rings. The summed E-state index contributed by atoms with van der Waals surface area (Å²) in [7, 11) is 0. The van der Waals surface area contributed by atoms with Crippen LogP contribution in [0.15, 0.2) is 78.9 Å². The van der Waals surface area contributed by atoms with Crippen LogP contribution in [-0.2, 0) is 6.54 Å². The van der Waals surface area contributed by atoms with Crippen LogP contribution in [0.1, 0.15) is 25.0 Å². The third-order valence-corrected chi connectivity index (χ3v) is 4.90. The Morgan fingerprint density at radius 2 is 1.66 bits per heavy atom. The van der Waals surface area contributed by atoms with Gasteiger partial charge in [0.05, 0.1) is 5.52 Å². The van der Waals surface area contributed by atoms with Gasteiger partial charge in [-0.15, -0.1) is 0 Å². The molecule has 0 aliphatic heterocycles. The first kappa shape index (κ1) is 20.7. The third-order valence-electron chi connectivity index (χ3n) is 4.90. The van der Waals surface area contributed by atoms with E-state index in [1.165, 1.54) is 32.9 Å². The standard InChI is InChI=1S/C22H22N2O.C4H8/c1-16-10-11-19-18(14-16)22-20(8-5-9-21(22)25-13-12-23)24(19)15-17-6-3-2-4-7-17;1-3-4-2/h2-11,14H,12-13,15,23H2,1H3;3-4H,1-2H3/b;4-3-. The average Bonchev–Trinajstić information content (AvgIpc) is 3.06. The minimum absolute atomic E-state index is 0.512. The lowest BCUT2D eigenvalue weighted by Crippen LogP contribution is -2.10. The second kappa shape index (κ2) is 9.94. The van der Waals surface area contributed by atoms with Crippen LogP contribution in [-0.4, -0.2) is 17.7 Å². The molecular formula is C26H30N2O. The Morgan fingerprint density at radius 1 is 0.897 bits per heavy atom. The van der Waals surface area contributed by atoms with Gasteiger partial charge in [-0.3, -0.25) is 0 Å². The fourth-order valence-corrected chi connectivity index (χ4v) is 3.46.